The fourth-order valence-electron chi connectivity index (χ4n) is 4.47. The fraction of sp³-hybridized carbons (Fsp3) is 0.481. The first-order valence-corrected chi connectivity index (χ1v) is 13.4. The maximum absolute atomic E-state index is 13.4. The van der Waals surface area contributed by atoms with Crippen LogP contribution < -0.4 is 4.74 Å². The molecule has 2 aromatic carbocycles. The molecule has 0 bridgehead atoms. The van der Waals surface area contributed by atoms with Gasteiger partial charge in [0.25, 0.3) is 0 Å². The molecule has 0 saturated carbocycles. The number of sulfone groups is 1. The number of hydrogen-bond donors (Lipinski definition) is 0. The molecular formula is C27H34O7S. The first-order valence-electron chi connectivity index (χ1n) is 11.8. The van der Waals surface area contributed by atoms with Crippen molar-refractivity contribution in [3.8, 4) is 5.75 Å². The molecule has 35 heavy (non-hydrogen) atoms. The van der Waals surface area contributed by atoms with E-state index in [-0.39, 0.29) is 23.5 Å². The molecular weight excluding hydrogens is 468 g/mol. The number of carbonyl (C=O) groups excluding carboxylic acids is 2. The summed E-state index contributed by atoms with van der Waals surface area (Å²) in [5, 5.41) is 0. The Balaban J connectivity index is 2.12. The summed E-state index contributed by atoms with van der Waals surface area (Å²) in [6.45, 7) is 8.72. The van der Waals surface area contributed by atoms with Crippen LogP contribution in [-0.4, -0.2) is 45.4 Å². The summed E-state index contributed by atoms with van der Waals surface area (Å²) in [4.78, 5) is 27.0. The number of carbonyl (C=O) groups is 2. The second-order valence-electron chi connectivity index (χ2n) is 9.73. The molecule has 1 aliphatic carbocycles. The third-order valence-corrected chi connectivity index (χ3v) is 7.98. The molecule has 0 saturated heterocycles. The summed E-state index contributed by atoms with van der Waals surface area (Å²) in [5.74, 6) is -1.75. The van der Waals surface area contributed by atoms with Crippen LogP contribution in [0.3, 0.4) is 0 Å². The molecule has 8 heteroatoms. The van der Waals surface area contributed by atoms with Crippen LogP contribution in [0.2, 0.25) is 0 Å². The number of rotatable bonds is 8. The molecule has 0 heterocycles. The molecule has 1 aliphatic rings. The second kappa shape index (κ2) is 10.4. The van der Waals surface area contributed by atoms with Gasteiger partial charge in [-0.1, -0.05) is 23.8 Å². The zero-order valence-electron chi connectivity index (χ0n) is 21.2. The zero-order valence-corrected chi connectivity index (χ0v) is 22.0. The Morgan fingerprint density at radius 2 is 1.54 bits per heavy atom. The summed E-state index contributed by atoms with van der Waals surface area (Å²) in [5.41, 5.74) is 0.736. The van der Waals surface area contributed by atoms with Gasteiger partial charge in [0.15, 0.2) is 15.3 Å². The standard InChI is InChI=1S/C27H34O7S/c1-17(2)33-25(28)27(26(29)34-18(3)4)14-20-9-10-22(32-6)13-24(20)21(15-27)16-35(30,31)23-11-7-19(5)8-12-23/h7-13,17-18,21H,14-16H2,1-6H3. The maximum Gasteiger partial charge on any atom is 0.324 e. The fourth-order valence-corrected chi connectivity index (χ4v) is 6.04. The summed E-state index contributed by atoms with van der Waals surface area (Å²) >= 11 is 0. The topological polar surface area (TPSA) is 96.0 Å². The number of aryl methyl sites for hydroxylation is 1. The highest BCUT2D eigenvalue weighted by Crippen LogP contribution is 2.46. The van der Waals surface area contributed by atoms with E-state index in [1.807, 2.05) is 6.92 Å². The molecule has 2 aromatic rings. The molecule has 0 aliphatic heterocycles. The first-order chi connectivity index (χ1) is 16.4. The summed E-state index contributed by atoms with van der Waals surface area (Å²) in [6.07, 6.45) is -0.878. The van der Waals surface area contributed by atoms with Gasteiger partial charge in [-0.25, -0.2) is 8.42 Å². The van der Waals surface area contributed by atoms with E-state index in [0.717, 1.165) is 11.1 Å². The van der Waals surface area contributed by atoms with Crippen molar-refractivity contribution in [3.05, 3.63) is 59.2 Å². The molecule has 0 spiro atoms. The minimum absolute atomic E-state index is 0.0463. The van der Waals surface area contributed by atoms with E-state index < -0.39 is 45.3 Å². The van der Waals surface area contributed by atoms with E-state index >= 15 is 0 Å². The van der Waals surface area contributed by atoms with Crippen LogP contribution in [0.4, 0.5) is 0 Å². The van der Waals surface area contributed by atoms with Gasteiger partial charge in [-0.2, -0.15) is 0 Å². The van der Waals surface area contributed by atoms with Gasteiger partial charge in [-0.3, -0.25) is 9.59 Å². The van der Waals surface area contributed by atoms with Crippen molar-refractivity contribution in [1.29, 1.82) is 0 Å². The van der Waals surface area contributed by atoms with Gasteiger partial charge in [0, 0.05) is 5.92 Å². The van der Waals surface area contributed by atoms with Crippen LogP contribution in [0.1, 0.15) is 56.7 Å². The number of ether oxygens (including phenoxy) is 3. The number of fused-ring (bicyclic) bond motifs is 1. The molecule has 0 radical (unpaired) electrons. The molecule has 0 aromatic heterocycles. The van der Waals surface area contributed by atoms with Crippen LogP contribution in [-0.2, 0) is 35.3 Å². The van der Waals surface area contributed by atoms with Gasteiger partial charge < -0.3 is 14.2 Å². The molecule has 1 unspecified atom stereocenters. The monoisotopic (exact) mass is 502 g/mol. The summed E-state index contributed by atoms with van der Waals surface area (Å²) in [6, 6.07) is 11.9. The predicted octanol–water partition coefficient (Wildman–Crippen LogP) is 4.40. The average Bonchev–Trinajstić information content (AvgIpc) is 2.77. The van der Waals surface area contributed by atoms with Crippen molar-refractivity contribution < 1.29 is 32.2 Å². The van der Waals surface area contributed by atoms with Crippen molar-refractivity contribution in [2.24, 2.45) is 5.41 Å². The third-order valence-electron chi connectivity index (χ3n) is 6.15. The molecule has 190 valence electrons. The van der Waals surface area contributed by atoms with Gasteiger partial charge in [-0.05, 0) is 82.9 Å². The molecule has 0 N–H and O–H groups in total. The van der Waals surface area contributed by atoms with Crippen LogP contribution in [0.25, 0.3) is 0 Å². The van der Waals surface area contributed by atoms with E-state index in [2.05, 4.69) is 0 Å². The lowest BCUT2D eigenvalue weighted by atomic mass is 9.67. The predicted molar refractivity (Wildman–Crippen MR) is 132 cm³/mol. The Labute approximate surface area is 207 Å². The highest BCUT2D eigenvalue weighted by Gasteiger charge is 2.54. The van der Waals surface area contributed by atoms with Gasteiger partial charge in [0.1, 0.15) is 5.75 Å². The van der Waals surface area contributed by atoms with Gasteiger partial charge >= 0.3 is 11.9 Å². The highest BCUT2D eigenvalue weighted by atomic mass is 32.2. The van der Waals surface area contributed by atoms with E-state index in [0.29, 0.717) is 11.3 Å². The Morgan fingerprint density at radius 1 is 0.971 bits per heavy atom. The highest BCUT2D eigenvalue weighted by molar-refractivity contribution is 7.91. The van der Waals surface area contributed by atoms with Crippen LogP contribution in [0, 0.1) is 12.3 Å². The van der Waals surface area contributed by atoms with Gasteiger partial charge in [0.2, 0.25) is 0 Å². The third kappa shape index (κ3) is 5.86. The summed E-state index contributed by atoms with van der Waals surface area (Å²) in [7, 11) is -2.20. The van der Waals surface area contributed by atoms with Gasteiger partial charge in [-0.15, -0.1) is 0 Å². The molecule has 7 nitrogen and oxygen atoms in total. The number of esters is 2. The van der Waals surface area contributed by atoms with Crippen LogP contribution in [0.15, 0.2) is 47.4 Å². The minimum atomic E-state index is -3.73. The van der Waals surface area contributed by atoms with Crippen molar-refractivity contribution in [3.63, 3.8) is 0 Å². The lowest BCUT2D eigenvalue weighted by Crippen LogP contribution is -2.49. The number of benzene rings is 2. The average molecular weight is 503 g/mol. The largest absolute Gasteiger partial charge is 0.497 e. The molecule has 3 rings (SSSR count). The second-order valence-corrected chi connectivity index (χ2v) is 11.8. The smallest absolute Gasteiger partial charge is 0.324 e. The van der Waals surface area contributed by atoms with Gasteiger partial charge in [0.05, 0.1) is 30.0 Å². The summed E-state index contributed by atoms with van der Waals surface area (Å²) < 4.78 is 43.2. The molecule has 0 fully saturated rings. The normalized spacial score (nSPS) is 17.1. The Hall–Kier alpha value is -2.87. The van der Waals surface area contributed by atoms with E-state index in [1.165, 1.54) is 7.11 Å². The SMILES string of the molecule is COc1ccc2c(c1)C(CS(=O)(=O)c1ccc(C)cc1)CC(C(=O)OC(C)C)(C(=O)OC(C)C)C2. The Morgan fingerprint density at radius 3 is 2.06 bits per heavy atom. The number of methoxy groups -OCH3 is 1. The van der Waals surface area contributed by atoms with E-state index in [9.17, 15) is 18.0 Å². The van der Waals surface area contributed by atoms with Crippen molar-refractivity contribution in [1.82, 2.24) is 0 Å². The van der Waals surface area contributed by atoms with Crippen molar-refractivity contribution in [2.75, 3.05) is 12.9 Å². The van der Waals surface area contributed by atoms with E-state index in [1.54, 1.807) is 70.2 Å². The quantitative estimate of drug-likeness (QED) is 0.390. The van der Waals surface area contributed by atoms with Crippen molar-refractivity contribution >= 4 is 21.8 Å². The Kier molecular flexibility index (Phi) is 7.94. The molecule has 0 amide bonds. The first kappa shape index (κ1) is 26.7. The number of hydrogen-bond acceptors (Lipinski definition) is 7. The lowest BCUT2D eigenvalue weighted by molar-refractivity contribution is -0.178. The van der Waals surface area contributed by atoms with Crippen molar-refractivity contribution in [2.45, 2.75) is 70.5 Å². The minimum Gasteiger partial charge on any atom is -0.497 e. The lowest BCUT2D eigenvalue weighted by Gasteiger charge is -2.39. The zero-order chi connectivity index (χ0) is 26.0. The van der Waals surface area contributed by atoms with Crippen LogP contribution >= 0.6 is 0 Å². The Bertz CT molecular complexity index is 1160. The maximum atomic E-state index is 13.4. The molecule has 1 atom stereocenters. The van der Waals surface area contributed by atoms with E-state index in [4.69, 9.17) is 14.2 Å². The van der Waals surface area contributed by atoms with Crippen LogP contribution in [0.5, 0.6) is 5.75 Å².